The van der Waals surface area contributed by atoms with Gasteiger partial charge in [-0.15, -0.1) is 0 Å². The number of carbonyl (C=O) groups is 2. The van der Waals surface area contributed by atoms with E-state index in [1.165, 1.54) is 6.92 Å². The zero-order chi connectivity index (χ0) is 11.8. The van der Waals surface area contributed by atoms with Gasteiger partial charge in [0.2, 0.25) is 0 Å². The van der Waals surface area contributed by atoms with Gasteiger partial charge in [0.25, 0.3) is 0 Å². The fraction of sp³-hybridized carbons (Fsp3) is 0.818. The molecule has 0 aliphatic heterocycles. The topological polar surface area (TPSA) is 63.6 Å². The van der Waals surface area contributed by atoms with Gasteiger partial charge in [-0.1, -0.05) is 13.8 Å². The van der Waals surface area contributed by atoms with Crippen molar-refractivity contribution in [3.05, 3.63) is 0 Å². The van der Waals surface area contributed by atoms with Crippen molar-refractivity contribution >= 4 is 11.8 Å². The molecule has 0 aliphatic rings. The standard InChI is InChI=1S/C11H20O4/c1-4-9(13)7-11(14)15-10(5-2)6-8(3)12/h9-10,13H,4-7H2,1-3H3. The smallest absolute Gasteiger partial charge is 0.308 e. The van der Waals surface area contributed by atoms with E-state index >= 15 is 0 Å². The highest BCUT2D eigenvalue weighted by molar-refractivity contribution is 5.76. The first-order valence-corrected chi connectivity index (χ1v) is 5.36. The molecule has 0 aromatic rings. The number of aliphatic hydroxyl groups is 1. The Morgan fingerprint density at radius 3 is 2.20 bits per heavy atom. The second kappa shape index (κ2) is 7.40. The number of hydrogen-bond donors (Lipinski definition) is 1. The van der Waals surface area contributed by atoms with Crippen LogP contribution in [0.2, 0.25) is 0 Å². The molecular formula is C11H20O4. The molecular weight excluding hydrogens is 196 g/mol. The van der Waals surface area contributed by atoms with Crippen molar-refractivity contribution in [2.45, 2.75) is 58.7 Å². The molecule has 0 aromatic carbocycles. The lowest BCUT2D eigenvalue weighted by molar-refractivity contribution is -0.152. The maximum Gasteiger partial charge on any atom is 0.308 e. The van der Waals surface area contributed by atoms with Crippen molar-refractivity contribution in [3.8, 4) is 0 Å². The number of rotatable bonds is 7. The van der Waals surface area contributed by atoms with E-state index in [1.807, 2.05) is 6.92 Å². The second-order valence-corrected chi connectivity index (χ2v) is 3.69. The van der Waals surface area contributed by atoms with Crippen LogP contribution in [-0.4, -0.2) is 29.1 Å². The highest BCUT2D eigenvalue weighted by Gasteiger charge is 2.16. The van der Waals surface area contributed by atoms with E-state index in [4.69, 9.17) is 4.74 Å². The van der Waals surface area contributed by atoms with Crippen LogP contribution in [0.3, 0.4) is 0 Å². The molecule has 0 bridgehead atoms. The van der Waals surface area contributed by atoms with Gasteiger partial charge in [-0.25, -0.2) is 0 Å². The van der Waals surface area contributed by atoms with E-state index in [2.05, 4.69) is 0 Å². The maximum absolute atomic E-state index is 11.3. The molecule has 0 fully saturated rings. The van der Waals surface area contributed by atoms with E-state index in [-0.39, 0.29) is 24.7 Å². The summed E-state index contributed by atoms with van der Waals surface area (Å²) in [6.45, 7) is 5.12. The summed E-state index contributed by atoms with van der Waals surface area (Å²) in [6, 6.07) is 0. The molecule has 15 heavy (non-hydrogen) atoms. The van der Waals surface area contributed by atoms with Crippen molar-refractivity contribution in [3.63, 3.8) is 0 Å². The third-order valence-electron chi connectivity index (χ3n) is 2.14. The molecule has 4 heteroatoms. The van der Waals surface area contributed by atoms with Crippen LogP contribution in [0.1, 0.15) is 46.5 Å². The molecule has 0 saturated heterocycles. The number of aliphatic hydroxyl groups excluding tert-OH is 1. The summed E-state index contributed by atoms with van der Waals surface area (Å²) in [4.78, 5) is 22.1. The van der Waals surface area contributed by atoms with Crippen LogP contribution in [0.5, 0.6) is 0 Å². The summed E-state index contributed by atoms with van der Waals surface area (Å²) in [6.07, 6.45) is 0.410. The minimum absolute atomic E-state index is 0.00487. The zero-order valence-corrected chi connectivity index (χ0v) is 9.66. The SMILES string of the molecule is CCC(O)CC(=O)OC(CC)CC(C)=O. The molecule has 2 unspecified atom stereocenters. The predicted molar refractivity (Wildman–Crippen MR) is 56.4 cm³/mol. The molecule has 0 amide bonds. The van der Waals surface area contributed by atoms with Gasteiger partial charge in [0, 0.05) is 6.42 Å². The summed E-state index contributed by atoms with van der Waals surface area (Å²) in [5.74, 6) is -0.428. The van der Waals surface area contributed by atoms with E-state index in [9.17, 15) is 14.7 Å². The highest BCUT2D eigenvalue weighted by Crippen LogP contribution is 2.08. The van der Waals surface area contributed by atoms with E-state index in [0.717, 1.165) is 0 Å². The lowest BCUT2D eigenvalue weighted by Gasteiger charge is -2.15. The monoisotopic (exact) mass is 216 g/mol. The number of Topliss-reactive ketones (excluding diaryl/α,β-unsaturated/α-hetero) is 1. The number of esters is 1. The average molecular weight is 216 g/mol. The van der Waals surface area contributed by atoms with Crippen LogP contribution < -0.4 is 0 Å². The molecule has 0 radical (unpaired) electrons. The Morgan fingerprint density at radius 2 is 1.80 bits per heavy atom. The van der Waals surface area contributed by atoms with Gasteiger partial charge >= 0.3 is 5.97 Å². The second-order valence-electron chi connectivity index (χ2n) is 3.69. The van der Waals surface area contributed by atoms with Gasteiger partial charge in [0.05, 0.1) is 12.5 Å². The van der Waals surface area contributed by atoms with E-state index in [0.29, 0.717) is 12.8 Å². The first-order chi connectivity index (χ1) is 6.99. The minimum Gasteiger partial charge on any atom is -0.462 e. The van der Waals surface area contributed by atoms with Gasteiger partial charge in [-0.2, -0.15) is 0 Å². The van der Waals surface area contributed by atoms with Crippen LogP contribution in [0.15, 0.2) is 0 Å². The minimum atomic E-state index is -0.646. The molecule has 2 atom stereocenters. The lowest BCUT2D eigenvalue weighted by Crippen LogP contribution is -2.23. The highest BCUT2D eigenvalue weighted by atomic mass is 16.5. The average Bonchev–Trinajstić information content (AvgIpc) is 2.15. The molecule has 0 spiro atoms. The van der Waals surface area contributed by atoms with Crippen LogP contribution in [-0.2, 0) is 14.3 Å². The van der Waals surface area contributed by atoms with Gasteiger partial charge < -0.3 is 9.84 Å². The Balaban J connectivity index is 3.95. The summed E-state index contributed by atoms with van der Waals surface area (Å²) in [5.41, 5.74) is 0. The van der Waals surface area contributed by atoms with Gasteiger partial charge in [0.1, 0.15) is 11.9 Å². The largest absolute Gasteiger partial charge is 0.462 e. The molecule has 1 N–H and O–H groups in total. The molecule has 0 aromatic heterocycles. The number of carbonyl (C=O) groups excluding carboxylic acids is 2. The summed E-state index contributed by atoms with van der Waals surface area (Å²) < 4.78 is 5.06. The van der Waals surface area contributed by atoms with Gasteiger partial charge in [0.15, 0.2) is 0 Å². The maximum atomic E-state index is 11.3. The molecule has 0 saturated carbocycles. The van der Waals surface area contributed by atoms with E-state index < -0.39 is 12.1 Å². The van der Waals surface area contributed by atoms with Gasteiger partial charge in [-0.3, -0.25) is 9.59 Å². The molecule has 0 aliphatic carbocycles. The lowest BCUT2D eigenvalue weighted by atomic mass is 10.1. The normalized spacial score (nSPS) is 14.4. The fourth-order valence-electron chi connectivity index (χ4n) is 1.16. The Bertz CT molecular complexity index is 213. The quantitative estimate of drug-likeness (QED) is 0.654. The molecule has 88 valence electrons. The number of hydrogen-bond acceptors (Lipinski definition) is 4. The molecule has 0 heterocycles. The molecule has 4 nitrogen and oxygen atoms in total. The third kappa shape index (κ3) is 7.08. The van der Waals surface area contributed by atoms with Crippen LogP contribution >= 0.6 is 0 Å². The first-order valence-electron chi connectivity index (χ1n) is 5.36. The summed E-state index contributed by atoms with van der Waals surface area (Å²) in [5, 5.41) is 9.23. The Hall–Kier alpha value is -0.900. The molecule has 0 rings (SSSR count). The summed E-state index contributed by atoms with van der Waals surface area (Å²) in [7, 11) is 0. The van der Waals surface area contributed by atoms with Crippen molar-refractivity contribution in [2.75, 3.05) is 0 Å². The van der Waals surface area contributed by atoms with Crippen LogP contribution in [0.25, 0.3) is 0 Å². The third-order valence-corrected chi connectivity index (χ3v) is 2.14. The first kappa shape index (κ1) is 14.1. The Kier molecular flexibility index (Phi) is 6.96. The predicted octanol–water partition coefficient (Wildman–Crippen LogP) is 1.45. The Morgan fingerprint density at radius 1 is 1.20 bits per heavy atom. The number of ether oxygens (including phenoxy) is 1. The fourth-order valence-corrected chi connectivity index (χ4v) is 1.16. The van der Waals surface area contributed by atoms with Crippen LogP contribution in [0.4, 0.5) is 0 Å². The summed E-state index contributed by atoms with van der Waals surface area (Å²) >= 11 is 0. The van der Waals surface area contributed by atoms with Crippen molar-refractivity contribution in [2.24, 2.45) is 0 Å². The number of ketones is 1. The zero-order valence-electron chi connectivity index (χ0n) is 9.66. The Labute approximate surface area is 90.6 Å². The van der Waals surface area contributed by atoms with Crippen molar-refractivity contribution in [1.29, 1.82) is 0 Å². The van der Waals surface area contributed by atoms with Crippen molar-refractivity contribution in [1.82, 2.24) is 0 Å². The van der Waals surface area contributed by atoms with E-state index in [1.54, 1.807) is 6.92 Å². The van der Waals surface area contributed by atoms with Gasteiger partial charge in [-0.05, 0) is 19.8 Å². The van der Waals surface area contributed by atoms with Crippen molar-refractivity contribution < 1.29 is 19.4 Å². The van der Waals surface area contributed by atoms with Crippen LogP contribution in [0, 0.1) is 0 Å².